The summed E-state index contributed by atoms with van der Waals surface area (Å²) in [7, 11) is 1.79. The molecule has 5 heteroatoms. The number of aliphatic hydroxyl groups excluding tert-OH is 1. The third-order valence-corrected chi connectivity index (χ3v) is 3.59. The highest BCUT2D eigenvalue weighted by Crippen LogP contribution is 2.20. The first-order valence-corrected chi connectivity index (χ1v) is 6.73. The van der Waals surface area contributed by atoms with Crippen LogP contribution in [0.5, 0.6) is 0 Å². The van der Waals surface area contributed by atoms with Crippen LogP contribution in [0.25, 0.3) is 0 Å². The van der Waals surface area contributed by atoms with Crippen molar-refractivity contribution >= 4 is 11.6 Å². The van der Waals surface area contributed by atoms with Gasteiger partial charge in [-0.2, -0.15) is 0 Å². The van der Waals surface area contributed by atoms with Crippen LogP contribution in [0.4, 0.5) is 5.69 Å². The number of aliphatic hydroxyl groups is 1. The van der Waals surface area contributed by atoms with E-state index in [1.165, 1.54) is 0 Å². The van der Waals surface area contributed by atoms with Crippen molar-refractivity contribution in [2.24, 2.45) is 0 Å². The summed E-state index contributed by atoms with van der Waals surface area (Å²) >= 11 is 0. The Labute approximate surface area is 113 Å². The van der Waals surface area contributed by atoms with E-state index >= 15 is 0 Å². The molecule has 1 aromatic rings. The van der Waals surface area contributed by atoms with Gasteiger partial charge in [-0.15, -0.1) is 0 Å². The molecule has 1 aromatic heterocycles. The molecular weight excluding hydrogens is 242 g/mol. The molecule has 1 saturated carbocycles. The number of aromatic nitrogens is 1. The van der Waals surface area contributed by atoms with E-state index in [-0.39, 0.29) is 18.1 Å². The molecule has 0 aromatic carbocycles. The number of anilines is 1. The van der Waals surface area contributed by atoms with E-state index in [9.17, 15) is 9.90 Å². The average molecular weight is 263 g/mol. The Morgan fingerprint density at radius 2 is 2.05 bits per heavy atom. The second-order valence-corrected chi connectivity index (χ2v) is 5.10. The summed E-state index contributed by atoms with van der Waals surface area (Å²) in [5.74, 6) is -0.0989. The van der Waals surface area contributed by atoms with Crippen molar-refractivity contribution in [1.29, 1.82) is 0 Å². The lowest BCUT2D eigenvalue weighted by Gasteiger charge is -2.26. The molecule has 1 aliphatic carbocycles. The zero-order chi connectivity index (χ0) is 13.8. The largest absolute Gasteiger partial charge is 0.393 e. The van der Waals surface area contributed by atoms with Gasteiger partial charge in [0, 0.05) is 25.0 Å². The molecule has 0 radical (unpaired) electrons. The first-order chi connectivity index (χ1) is 9.10. The van der Waals surface area contributed by atoms with Gasteiger partial charge < -0.3 is 15.7 Å². The van der Waals surface area contributed by atoms with Gasteiger partial charge in [0.1, 0.15) is 0 Å². The Hall–Kier alpha value is -1.62. The van der Waals surface area contributed by atoms with Crippen molar-refractivity contribution in [3.05, 3.63) is 23.5 Å². The fourth-order valence-electron chi connectivity index (χ4n) is 2.43. The van der Waals surface area contributed by atoms with E-state index in [1.54, 1.807) is 13.2 Å². The quantitative estimate of drug-likeness (QED) is 0.772. The molecule has 0 bridgehead atoms. The normalized spacial score (nSPS) is 22.9. The number of pyridine rings is 1. The molecule has 1 amide bonds. The number of nitrogens with zero attached hydrogens (tertiary/aromatic N) is 1. The minimum atomic E-state index is -0.206. The summed E-state index contributed by atoms with van der Waals surface area (Å²) in [6.07, 6.45) is 4.59. The topological polar surface area (TPSA) is 74.2 Å². The lowest BCUT2D eigenvalue weighted by Crippen LogP contribution is -2.38. The van der Waals surface area contributed by atoms with Crippen molar-refractivity contribution in [2.75, 3.05) is 12.4 Å². The van der Waals surface area contributed by atoms with Crippen molar-refractivity contribution in [3.8, 4) is 0 Å². The Balaban J connectivity index is 2.03. The molecule has 2 rings (SSSR count). The molecule has 0 spiro atoms. The van der Waals surface area contributed by atoms with Gasteiger partial charge in [0.25, 0.3) is 5.91 Å². The van der Waals surface area contributed by atoms with Crippen LogP contribution in [0, 0.1) is 6.92 Å². The fraction of sp³-hybridized carbons (Fsp3) is 0.571. The second-order valence-electron chi connectivity index (χ2n) is 5.10. The number of rotatable bonds is 3. The monoisotopic (exact) mass is 263 g/mol. The van der Waals surface area contributed by atoms with E-state index in [4.69, 9.17) is 0 Å². The van der Waals surface area contributed by atoms with Gasteiger partial charge in [0.05, 0.1) is 17.4 Å². The molecule has 5 nitrogen and oxygen atoms in total. The predicted octanol–water partition coefficient (Wildman–Crippen LogP) is 1.47. The van der Waals surface area contributed by atoms with Crippen LogP contribution >= 0.6 is 0 Å². The number of aryl methyl sites for hydroxylation is 1. The first-order valence-electron chi connectivity index (χ1n) is 6.73. The highest BCUT2D eigenvalue weighted by atomic mass is 16.3. The molecule has 0 aliphatic heterocycles. The van der Waals surface area contributed by atoms with E-state index in [2.05, 4.69) is 15.6 Å². The molecule has 0 saturated heterocycles. The molecule has 0 unspecified atom stereocenters. The second kappa shape index (κ2) is 6.02. The van der Waals surface area contributed by atoms with Crippen LogP contribution in [0.3, 0.4) is 0 Å². The molecule has 19 heavy (non-hydrogen) atoms. The van der Waals surface area contributed by atoms with E-state index in [1.807, 2.05) is 13.0 Å². The Morgan fingerprint density at radius 3 is 2.68 bits per heavy atom. The lowest BCUT2D eigenvalue weighted by molar-refractivity contribution is 0.0868. The molecular formula is C14H21N3O2. The predicted molar refractivity (Wildman–Crippen MR) is 74.2 cm³/mol. The van der Waals surface area contributed by atoms with Gasteiger partial charge in [-0.05, 0) is 38.7 Å². The third kappa shape index (κ3) is 3.44. The van der Waals surface area contributed by atoms with Gasteiger partial charge >= 0.3 is 0 Å². The zero-order valence-corrected chi connectivity index (χ0v) is 11.4. The van der Waals surface area contributed by atoms with Crippen LogP contribution in [-0.4, -0.2) is 35.2 Å². The van der Waals surface area contributed by atoms with Gasteiger partial charge in [-0.25, -0.2) is 0 Å². The van der Waals surface area contributed by atoms with Crippen molar-refractivity contribution < 1.29 is 9.90 Å². The van der Waals surface area contributed by atoms with E-state index < -0.39 is 0 Å². The smallest absolute Gasteiger partial charge is 0.255 e. The van der Waals surface area contributed by atoms with Gasteiger partial charge in [-0.1, -0.05) is 0 Å². The number of hydrogen-bond acceptors (Lipinski definition) is 4. The summed E-state index contributed by atoms with van der Waals surface area (Å²) in [6.45, 7) is 1.89. The van der Waals surface area contributed by atoms with Crippen LogP contribution in [-0.2, 0) is 0 Å². The maximum absolute atomic E-state index is 12.2. The van der Waals surface area contributed by atoms with E-state index in [0.717, 1.165) is 37.1 Å². The fourth-order valence-corrected chi connectivity index (χ4v) is 2.43. The highest BCUT2D eigenvalue weighted by Gasteiger charge is 2.22. The molecule has 1 fully saturated rings. The average Bonchev–Trinajstić information content (AvgIpc) is 2.41. The number of hydrogen-bond donors (Lipinski definition) is 3. The lowest BCUT2D eigenvalue weighted by atomic mass is 9.93. The molecule has 1 aliphatic rings. The molecule has 0 atom stereocenters. The maximum Gasteiger partial charge on any atom is 0.255 e. The minimum Gasteiger partial charge on any atom is -0.393 e. The summed E-state index contributed by atoms with van der Waals surface area (Å²) < 4.78 is 0. The van der Waals surface area contributed by atoms with E-state index in [0.29, 0.717) is 5.56 Å². The van der Waals surface area contributed by atoms with Crippen molar-refractivity contribution in [1.82, 2.24) is 10.3 Å². The number of amides is 1. The first kappa shape index (κ1) is 13.8. The molecule has 104 valence electrons. The van der Waals surface area contributed by atoms with Crippen LogP contribution in [0.15, 0.2) is 12.3 Å². The minimum absolute atomic E-state index is 0.0989. The van der Waals surface area contributed by atoms with Gasteiger partial charge in [0.15, 0.2) is 0 Å². The molecule has 1 heterocycles. The SMILES string of the molecule is CNc1cc(C)ncc1C(=O)NC1CCC(O)CC1. The summed E-state index contributed by atoms with van der Waals surface area (Å²) in [6, 6.07) is 2.02. The van der Waals surface area contributed by atoms with Crippen LogP contribution < -0.4 is 10.6 Å². The van der Waals surface area contributed by atoms with Crippen LogP contribution in [0.1, 0.15) is 41.7 Å². The Kier molecular flexibility index (Phi) is 4.37. The Bertz CT molecular complexity index is 454. The van der Waals surface area contributed by atoms with Crippen LogP contribution in [0.2, 0.25) is 0 Å². The molecule has 3 N–H and O–H groups in total. The number of nitrogens with one attached hydrogen (secondary N) is 2. The van der Waals surface area contributed by atoms with Crippen molar-refractivity contribution in [2.45, 2.75) is 44.8 Å². The number of carbonyl (C=O) groups excluding carboxylic acids is 1. The van der Waals surface area contributed by atoms with Crippen molar-refractivity contribution in [3.63, 3.8) is 0 Å². The highest BCUT2D eigenvalue weighted by molar-refractivity contribution is 5.99. The standard InChI is InChI=1S/C14H21N3O2/c1-9-7-13(15-2)12(8-16-9)14(19)17-10-3-5-11(18)6-4-10/h7-8,10-11,18H,3-6H2,1-2H3,(H,15,16)(H,17,19). The van der Waals surface area contributed by atoms with Gasteiger partial charge in [0.2, 0.25) is 0 Å². The Morgan fingerprint density at radius 1 is 1.37 bits per heavy atom. The summed E-state index contributed by atoms with van der Waals surface area (Å²) in [4.78, 5) is 16.4. The zero-order valence-electron chi connectivity index (χ0n) is 11.4. The maximum atomic E-state index is 12.2. The summed E-state index contributed by atoms with van der Waals surface area (Å²) in [5.41, 5.74) is 2.24. The summed E-state index contributed by atoms with van der Waals surface area (Å²) in [5, 5.41) is 15.5. The number of carbonyl (C=O) groups is 1. The van der Waals surface area contributed by atoms with Gasteiger partial charge in [-0.3, -0.25) is 9.78 Å². The third-order valence-electron chi connectivity index (χ3n) is 3.59.